The molecule has 0 aromatic heterocycles. The van der Waals surface area contributed by atoms with Crippen LogP contribution in [-0.2, 0) is 0 Å². The summed E-state index contributed by atoms with van der Waals surface area (Å²) in [6.45, 7) is 6.56. The predicted molar refractivity (Wildman–Crippen MR) is 60.4 cm³/mol. The first kappa shape index (κ1) is 9.53. The first-order chi connectivity index (χ1) is 6.68. The maximum absolute atomic E-state index is 6.07. The summed E-state index contributed by atoms with van der Waals surface area (Å²) in [6, 6.07) is 8.66. The first-order valence-electron chi connectivity index (χ1n) is 5.28. The predicted octanol–water partition coefficient (Wildman–Crippen LogP) is 2.16. The largest absolute Gasteiger partial charge is 0.369 e. The number of hydrogen-bond acceptors (Lipinski definition) is 2. The third kappa shape index (κ3) is 1.62. The minimum absolute atomic E-state index is 0.199. The van der Waals surface area contributed by atoms with Crippen molar-refractivity contribution >= 4 is 5.69 Å². The van der Waals surface area contributed by atoms with Crippen LogP contribution in [0.3, 0.4) is 0 Å². The monoisotopic (exact) mass is 190 g/mol. The number of fused-ring (bicyclic) bond motifs is 1. The van der Waals surface area contributed by atoms with Crippen LogP contribution in [0.5, 0.6) is 0 Å². The van der Waals surface area contributed by atoms with Crippen molar-refractivity contribution in [2.24, 2.45) is 11.7 Å². The molecule has 2 rings (SSSR count). The normalized spacial score (nSPS) is 20.3. The van der Waals surface area contributed by atoms with E-state index in [9.17, 15) is 0 Å². The molecule has 1 aliphatic rings. The zero-order chi connectivity index (χ0) is 10.1. The van der Waals surface area contributed by atoms with Gasteiger partial charge in [0.25, 0.3) is 0 Å². The van der Waals surface area contributed by atoms with E-state index in [1.165, 1.54) is 11.3 Å². The van der Waals surface area contributed by atoms with Crippen molar-refractivity contribution in [2.75, 3.05) is 18.0 Å². The summed E-state index contributed by atoms with van der Waals surface area (Å²) < 4.78 is 0. The van der Waals surface area contributed by atoms with E-state index in [4.69, 9.17) is 5.73 Å². The van der Waals surface area contributed by atoms with Gasteiger partial charge >= 0.3 is 0 Å². The second kappa shape index (κ2) is 3.62. The molecule has 0 spiro atoms. The van der Waals surface area contributed by atoms with Crippen LogP contribution in [0.4, 0.5) is 5.69 Å². The van der Waals surface area contributed by atoms with Gasteiger partial charge in [-0.1, -0.05) is 32.0 Å². The molecule has 1 atom stereocenters. The Kier molecular flexibility index (Phi) is 2.46. The van der Waals surface area contributed by atoms with Gasteiger partial charge < -0.3 is 10.6 Å². The van der Waals surface area contributed by atoms with Crippen molar-refractivity contribution in [3.63, 3.8) is 0 Å². The maximum Gasteiger partial charge on any atom is 0.0493 e. The molecule has 1 aliphatic heterocycles. The van der Waals surface area contributed by atoms with Crippen molar-refractivity contribution in [3.05, 3.63) is 29.8 Å². The quantitative estimate of drug-likeness (QED) is 0.774. The summed E-state index contributed by atoms with van der Waals surface area (Å²) in [5, 5.41) is 0. The van der Waals surface area contributed by atoms with Crippen LogP contribution in [0, 0.1) is 5.92 Å². The summed E-state index contributed by atoms with van der Waals surface area (Å²) in [4.78, 5) is 2.39. The van der Waals surface area contributed by atoms with Gasteiger partial charge in [0.05, 0.1) is 0 Å². The molecule has 1 aromatic rings. The molecule has 14 heavy (non-hydrogen) atoms. The Hall–Kier alpha value is -1.02. The van der Waals surface area contributed by atoms with Gasteiger partial charge in [0.2, 0.25) is 0 Å². The molecule has 1 heterocycles. The fraction of sp³-hybridized carbons (Fsp3) is 0.500. The fourth-order valence-corrected chi connectivity index (χ4v) is 2.14. The van der Waals surface area contributed by atoms with Crippen LogP contribution >= 0.6 is 0 Å². The number of benzene rings is 1. The van der Waals surface area contributed by atoms with Crippen LogP contribution in [0.15, 0.2) is 24.3 Å². The SMILES string of the molecule is CC(C)CN1C[C@@H](N)c2ccccc21. The molecule has 0 aliphatic carbocycles. The lowest BCUT2D eigenvalue weighted by atomic mass is 10.1. The second-order valence-electron chi connectivity index (χ2n) is 4.46. The molecule has 0 fully saturated rings. The summed E-state index contributed by atoms with van der Waals surface area (Å²) in [5.74, 6) is 0.688. The Labute approximate surface area is 85.7 Å². The van der Waals surface area contributed by atoms with E-state index < -0.39 is 0 Å². The topological polar surface area (TPSA) is 29.3 Å². The van der Waals surface area contributed by atoms with Gasteiger partial charge in [-0.25, -0.2) is 0 Å². The average Bonchev–Trinajstić information content (AvgIpc) is 2.44. The highest BCUT2D eigenvalue weighted by Gasteiger charge is 2.25. The minimum atomic E-state index is 0.199. The molecule has 2 N–H and O–H groups in total. The molecule has 76 valence electrons. The zero-order valence-corrected chi connectivity index (χ0v) is 8.90. The highest BCUT2D eigenvalue weighted by Crippen LogP contribution is 2.33. The third-order valence-corrected chi connectivity index (χ3v) is 2.68. The molecule has 2 heteroatoms. The number of anilines is 1. The van der Waals surface area contributed by atoms with Gasteiger partial charge in [-0.05, 0) is 17.5 Å². The van der Waals surface area contributed by atoms with Crippen molar-refractivity contribution in [1.82, 2.24) is 0 Å². The van der Waals surface area contributed by atoms with Crippen molar-refractivity contribution in [1.29, 1.82) is 0 Å². The lowest BCUT2D eigenvalue weighted by Crippen LogP contribution is -2.28. The first-order valence-corrected chi connectivity index (χ1v) is 5.28. The Morgan fingerprint density at radius 2 is 2.14 bits per heavy atom. The lowest BCUT2D eigenvalue weighted by molar-refractivity contribution is 0.603. The highest BCUT2D eigenvalue weighted by atomic mass is 15.2. The fourth-order valence-electron chi connectivity index (χ4n) is 2.14. The van der Waals surface area contributed by atoms with E-state index in [2.05, 4.69) is 43.0 Å². The Morgan fingerprint density at radius 3 is 2.86 bits per heavy atom. The number of para-hydroxylation sites is 1. The summed E-state index contributed by atoms with van der Waals surface area (Å²) in [7, 11) is 0. The van der Waals surface area contributed by atoms with E-state index in [0.29, 0.717) is 5.92 Å². The standard InChI is InChI=1S/C12H18N2/c1-9(2)7-14-8-11(13)10-5-3-4-6-12(10)14/h3-6,9,11H,7-8,13H2,1-2H3/t11-/m1/s1. The molecule has 0 saturated heterocycles. The molecule has 0 saturated carbocycles. The maximum atomic E-state index is 6.07. The van der Waals surface area contributed by atoms with Gasteiger partial charge in [0, 0.05) is 24.8 Å². The molecule has 0 unspecified atom stereocenters. The second-order valence-corrected chi connectivity index (χ2v) is 4.46. The van der Waals surface area contributed by atoms with Crippen molar-refractivity contribution < 1.29 is 0 Å². The van der Waals surface area contributed by atoms with Crippen molar-refractivity contribution in [3.8, 4) is 0 Å². The highest BCUT2D eigenvalue weighted by molar-refractivity contribution is 5.59. The van der Waals surface area contributed by atoms with E-state index in [0.717, 1.165) is 13.1 Å². The van der Waals surface area contributed by atoms with E-state index in [1.807, 2.05) is 0 Å². The molecule has 0 amide bonds. The third-order valence-electron chi connectivity index (χ3n) is 2.68. The van der Waals surface area contributed by atoms with E-state index >= 15 is 0 Å². The van der Waals surface area contributed by atoms with E-state index in [1.54, 1.807) is 0 Å². The van der Waals surface area contributed by atoms with Gasteiger partial charge in [-0.15, -0.1) is 0 Å². The van der Waals surface area contributed by atoms with Gasteiger partial charge in [0.15, 0.2) is 0 Å². The van der Waals surface area contributed by atoms with Gasteiger partial charge in [-0.2, -0.15) is 0 Å². The molecule has 2 nitrogen and oxygen atoms in total. The molecule has 0 bridgehead atoms. The minimum Gasteiger partial charge on any atom is -0.369 e. The molecule has 1 aromatic carbocycles. The number of rotatable bonds is 2. The zero-order valence-electron chi connectivity index (χ0n) is 8.90. The molecular weight excluding hydrogens is 172 g/mol. The summed E-state index contributed by atoms with van der Waals surface area (Å²) in [5.41, 5.74) is 8.70. The van der Waals surface area contributed by atoms with Crippen molar-refractivity contribution in [2.45, 2.75) is 19.9 Å². The van der Waals surface area contributed by atoms with Crippen LogP contribution < -0.4 is 10.6 Å². The Morgan fingerprint density at radius 1 is 1.43 bits per heavy atom. The number of nitrogens with two attached hydrogens (primary N) is 1. The molecule has 0 radical (unpaired) electrons. The lowest BCUT2D eigenvalue weighted by Gasteiger charge is -2.21. The van der Waals surface area contributed by atoms with Crippen LogP contribution in [0.1, 0.15) is 25.5 Å². The number of hydrogen-bond donors (Lipinski definition) is 1. The Bertz CT molecular complexity index is 318. The smallest absolute Gasteiger partial charge is 0.0493 e. The average molecular weight is 190 g/mol. The molecular formula is C12H18N2. The summed E-state index contributed by atoms with van der Waals surface area (Å²) >= 11 is 0. The van der Waals surface area contributed by atoms with Gasteiger partial charge in [-0.3, -0.25) is 0 Å². The Balaban J connectivity index is 2.25. The van der Waals surface area contributed by atoms with E-state index in [-0.39, 0.29) is 6.04 Å². The van der Waals surface area contributed by atoms with Crippen LogP contribution in [0.2, 0.25) is 0 Å². The summed E-state index contributed by atoms with van der Waals surface area (Å²) in [6.07, 6.45) is 0. The van der Waals surface area contributed by atoms with Gasteiger partial charge in [0.1, 0.15) is 0 Å². The van der Waals surface area contributed by atoms with Crippen LogP contribution in [0.25, 0.3) is 0 Å². The van der Waals surface area contributed by atoms with Crippen LogP contribution in [-0.4, -0.2) is 13.1 Å². The number of nitrogens with zero attached hydrogens (tertiary/aromatic N) is 1.